The van der Waals surface area contributed by atoms with Gasteiger partial charge in [-0.1, -0.05) is 41.5 Å². The second kappa shape index (κ2) is 8.54. The third-order valence-corrected chi connectivity index (χ3v) is 3.78. The van der Waals surface area contributed by atoms with Gasteiger partial charge in [0.05, 0.1) is 18.8 Å². The van der Waals surface area contributed by atoms with Crippen molar-refractivity contribution in [3.63, 3.8) is 0 Å². The van der Waals surface area contributed by atoms with E-state index in [1.165, 1.54) is 0 Å². The lowest BCUT2D eigenvalue weighted by Gasteiger charge is -2.29. The first kappa shape index (κ1) is 18.4. The van der Waals surface area contributed by atoms with Crippen molar-refractivity contribution in [3.8, 4) is 0 Å². The van der Waals surface area contributed by atoms with Crippen molar-refractivity contribution < 1.29 is 15.0 Å². The van der Waals surface area contributed by atoms with Gasteiger partial charge in [0.1, 0.15) is 0 Å². The Balaban J connectivity index is 4.52. The van der Waals surface area contributed by atoms with Crippen LogP contribution in [0.25, 0.3) is 0 Å². The predicted octanol–water partition coefficient (Wildman–Crippen LogP) is 1.80. The normalized spacial score (nSPS) is 18.2. The summed E-state index contributed by atoms with van der Waals surface area (Å²) in [5, 5.41) is 22.4. The second-order valence-electron chi connectivity index (χ2n) is 6.43. The average Bonchev–Trinajstić information content (AvgIpc) is 2.32. The Kier molecular flexibility index (Phi) is 8.26. The number of nitrogens with one attached hydrogen (secondary N) is 1. The van der Waals surface area contributed by atoms with Crippen molar-refractivity contribution in [2.75, 3.05) is 6.61 Å². The van der Waals surface area contributed by atoms with Crippen LogP contribution in [0.15, 0.2) is 0 Å². The molecule has 0 aromatic carbocycles. The number of carbonyl (C=O) groups is 1. The van der Waals surface area contributed by atoms with Crippen LogP contribution < -0.4 is 5.32 Å². The van der Waals surface area contributed by atoms with Gasteiger partial charge in [-0.3, -0.25) is 4.79 Å². The molecule has 0 saturated heterocycles. The molecule has 1 amide bonds. The lowest BCUT2D eigenvalue weighted by atomic mass is 9.89. The van der Waals surface area contributed by atoms with E-state index in [0.29, 0.717) is 5.92 Å². The van der Waals surface area contributed by atoms with Gasteiger partial charge in [0, 0.05) is 5.92 Å². The molecule has 19 heavy (non-hydrogen) atoms. The molecule has 3 N–H and O–H groups in total. The van der Waals surface area contributed by atoms with Crippen molar-refractivity contribution in [1.29, 1.82) is 0 Å². The number of aliphatic hydroxyl groups is 2. The minimum atomic E-state index is -0.712. The van der Waals surface area contributed by atoms with Crippen LogP contribution in [-0.4, -0.2) is 34.9 Å². The molecule has 0 heterocycles. The Hall–Kier alpha value is -0.610. The molecule has 0 bridgehead atoms. The van der Waals surface area contributed by atoms with E-state index in [1.807, 2.05) is 27.7 Å². The van der Waals surface area contributed by atoms with Crippen molar-refractivity contribution in [3.05, 3.63) is 0 Å². The number of hydrogen-bond acceptors (Lipinski definition) is 3. The largest absolute Gasteiger partial charge is 0.394 e. The smallest absolute Gasteiger partial charge is 0.223 e. The highest BCUT2D eigenvalue weighted by Gasteiger charge is 2.28. The minimum Gasteiger partial charge on any atom is -0.394 e. The number of amides is 1. The van der Waals surface area contributed by atoms with E-state index in [9.17, 15) is 15.0 Å². The first-order valence-electron chi connectivity index (χ1n) is 7.29. The number of aliphatic hydroxyl groups excluding tert-OH is 2. The Morgan fingerprint density at radius 3 is 2.00 bits per heavy atom. The fraction of sp³-hybridized carbons (Fsp3) is 0.933. The van der Waals surface area contributed by atoms with Crippen LogP contribution in [0.1, 0.15) is 48.0 Å². The van der Waals surface area contributed by atoms with Crippen LogP contribution in [0.3, 0.4) is 0 Å². The van der Waals surface area contributed by atoms with E-state index in [-0.39, 0.29) is 30.3 Å². The van der Waals surface area contributed by atoms with Gasteiger partial charge in [0.25, 0.3) is 0 Å². The zero-order chi connectivity index (χ0) is 15.2. The zero-order valence-electron chi connectivity index (χ0n) is 13.2. The first-order chi connectivity index (χ1) is 8.70. The molecular formula is C15H31NO3. The summed E-state index contributed by atoms with van der Waals surface area (Å²) in [6.07, 6.45) is 0.156. The summed E-state index contributed by atoms with van der Waals surface area (Å²) in [4.78, 5) is 12.0. The Bertz CT molecular complexity index is 266. The van der Waals surface area contributed by atoms with Crippen LogP contribution in [0.4, 0.5) is 0 Å². The average molecular weight is 273 g/mol. The van der Waals surface area contributed by atoms with E-state index in [1.54, 1.807) is 0 Å². The van der Waals surface area contributed by atoms with Gasteiger partial charge < -0.3 is 15.5 Å². The summed E-state index contributed by atoms with van der Waals surface area (Å²) in [6, 6.07) is -0.581. The van der Waals surface area contributed by atoms with E-state index in [0.717, 1.165) is 6.42 Å². The number of hydrogen-bond donors (Lipinski definition) is 3. The fourth-order valence-corrected chi connectivity index (χ4v) is 2.14. The molecule has 0 fully saturated rings. The van der Waals surface area contributed by atoms with Crippen molar-refractivity contribution in [1.82, 2.24) is 5.32 Å². The molecule has 0 spiro atoms. The summed E-state index contributed by atoms with van der Waals surface area (Å²) < 4.78 is 0. The standard InChI is InChI=1S/C15H31NO3/c1-9(2)7-11(5)14(18)13(8-17)16-15(19)12(6)10(3)4/h9-14,17-18H,7-8H2,1-6H3,(H,16,19)/t11?,12?,13-,14+/m0/s1. The van der Waals surface area contributed by atoms with E-state index >= 15 is 0 Å². The van der Waals surface area contributed by atoms with Crippen molar-refractivity contribution in [2.24, 2.45) is 23.7 Å². The molecule has 0 radical (unpaired) electrons. The maximum Gasteiger partial charge on any atom is 0.223 e. The zero-order valence-corrected chi connectivity index (χ0v) is 13.2. The predicted molar refractivity (Wildman–Crippen MR) is 77.6 cm³/mol. The van der Waals surface area contributed by atoms with Gasteiger partial charge >= 0.3 is 0 Å². The molecule has 2 unspecified atom stereocenters. The highest BCUT2D eigenvalue weighted by molar-refractivity contribution is 5.78. The maximum atomic E-state index is 12.0. The SMILES string of the molecule is CC(C)CC(C)[C@@H](O)[C@H](CO)NC(=O)C(C)C(C)C. The first-order valence-corrected chi connectivity index (χ1v) is 7.29. The Labute approximate surface area is 117 Å². The Morgan fingerprint density at radius 2 is 1.63 bits per heavy atom. The molecule has 0 saturated carbocycles. The quantitative estimate of drug-likeness (QED) is 0.631. The fourth-order valence-electron chi connectivity index (χ4n) is 2.14. The maximum absolute atomic E-state index is 12.0. The summed E-state index contributed by atoms with van der Waals surface area (Å²) in [5.74, 6) is 0.539. The van der Waals surface area contributed by atoms with Crippen LogP contribution in [0.2, 0.25) is 0 Å². The van der Waals surface area contributed by atoms with Gasteiger partial charge in [0.2, 0.25) is 5.91 Å². The highest BCUT2D eigenvalue weighted by atomic mass is 16.3. The third kappa shape index (κ3) is 6.39. The molecule has 0 aromatic rings. The van der Waals surface area contributed by atoms with Gasteiger partial charge in [-0.05, 0) is 24.2 Å². The molecule has 0 rings (SSSR count). The van der Waals surface area contributed by atoms with Crippen LogP contribution in [-0.2, 0) is 4.79 Å². The summed E-state index contributed by atoms with van der Waals surface area (Å²) in [5.41, 5.74) is 0. The monoisotopic (exact) mass is 273 g/mol. The van der Waals surface area contributed by atoms with E-state index in [4.69, 9.17) is 0 Å². The minimum absolute atomic E-state index is 0.0480. The second-order valence-corrected chi connectivity index (χ2v) is 6.43. The van der Waals surface area contributed by atoms with Gasteiger partial charge in [-0.2, -0.15) is 0 Å². The lowest BCUT2D eigenvalue weighted by molar-refractivity contribution is -0.128. The molecule has 4 heteroatoms. The lowest BCUT2D eigenvalue weighted by Crippen LogP contribution is -2.50. The highest BCUT2D eigenvalue weighted by Crippen LogP contribution is 2.18. The topological polar surface area (TPSA) is 69.6 Å². The molecule has 4 atom stereocenters. The molecule has 0 aliphatic heterocycles. The molecule has 0 aromatic heterocycles. The Morgan fingerprint density at radius 1 is 1.11 bits per heavy atom. The summed E-state index contributed by atoms with van der Waals surface area (Å²) in [7, 11) is 0. The number of rotatable bonds is 8. The third-order valence-electron chi connectivity index (χ3n) is 3.78. The van der Waals surface area contributed by atoms with E-state index in [2.05, 4.69) is 19.2 Å². The van der Waals surface area contributed by atoms with Crippen LogP contribution >= 0.6 is 0 Å². The summed E-state index contributed by atoms with van der Waals surface area (Å²) >= 11 is 0. The summed E-state index contributed by atoms with van der Waals surface area (Å²) in [6.45, 7) is 11.7. The molecule has 0 aliphatic rings. The van der Waals surface area contributed by atoms with E-state index < -0.39 is 12.1 Å². The van der Waals surface area contributed by atoms with Gasteiger partial charge in [-0.15, -0.1) is 0 Å². The van der Waals surface area contributed by atoms with Gasteiger partial charge in [0.15, 0.2) is 0 Å². The molecule has 0 aliphatic carbocycles. The molecule has 4 nitrogen and oxygen atoms in total. The van der Waals surface area contributed by atoms with Crippen molar-refractivity contribution in [2.45, 2.75) is 60.1 Å². The van der Waals surface area contributed by atoms with Crippen LogP contribution in [0, 0.1) is 23.7 Å². The van der Waals surface area contributed by atoms with Crippen molar-refractivity contribution >= 4 is 5.91 Å². The molecule has 114 valence electrons. The van der Waals surface area contributed by atoms with Crippen LogP contribution in [0.5, 0.6) is 0 Å². The molecular weight excluding hydrogens is 242 g/mol. The van der Waals surface area contributed by atoms with Gasteiger partial charge in [-0.25, -0.2) is 0 Å². The number of carbonyl (C=O) groups excluding carboxylic acids is 1.